The van der Waals surface area contributed by atoms with Gasteiger partial charge in [-0.25, -0.2) is 4.39 Å². The number of allylic oxidation sites excluding steroid dienone is 1. The van der Waals surface area contributed by atoms with Gasteiger partial charge in [-0.3, -0.25) is 4.98 Å². The first-order chi connectivity index (χ1) is 14.6. The molecule has 4 rings (SSSR count). The zero-order valence-electron chi connectivity index (χ0n) is 17.9. The lowest BCUT2D eigenvalue weighted by molar-refractivity contribution is 0.253. The summed E-state index contributed by atoms with van der Waals surface area (Å²) in [5, 5.41) is 0. The minimum absolute atomic E-state index is 0.220. The van der Waals surface area contributed by atoms with E-state index in [1.54, 1.807) is 0 Å². The van der Waals surface area contributed by atoms with Crippen molar-refractivity contribution in [3.63, 3.8) is 0 Å². The van der Waals surface area contributed by atoms with E-state index in [9.17, 15) is 4.39 Å². The summed E-state index contributed by atoms with van der Waals surface area (Å²) in [5.74, 6) is 0.251. The molecule has 2 aromatic heterocycles. The van der Waals surface area contributed by atoms with Crippen molar-refractivity contribution in [1.82, 2.24) is 14.9 Å². The molecule has 156 valence electrons. The number of nitrogens with zero attached hydrogens (tertiary/aromatic N) is 2. The number of likely N-dealkylation sites (tertiary alicyclic amines) is 1. The van der Waals surface area contributed by atoms with E-state index >= 15 is 0 Å². The maximum absolute atomic E-state index is 13.6. The van der Waals surface area contributed by atoms with Crippen LogP contribution in [0.4, 0.5) is 4.39 Å². The highest BCUT2D eigenvalue weighted by Gasteiger charge is 2.28. The third-order valence-corrected chi connectivity index (χ3v) is 6.16. The Balaban J connectivity index is 1.93. The molecule has 0 spiro atoms. The monoisotopic (exact) mass is 403 g/mol. The normalized spacial score (nSPS) is 15.4. The van der Waals surface area contributed by atoms with Crippen LogP contribution < -0.4 is 0 Å². The lowest BCUT2D eigenvalue weighted by atomic mass is 9.86. The Kier molecular flexibility index (Phi) is 6.14. The summed E-state index contributed by atoms with van der Waals surface area (Å²) in [6, 6.07) is 10.9. The van der Waals surface area contributed by atoms with Crippen LogP contribution in [-0.4, -0.2) is 35.0 Å². The second-order valence-corrected chi connectivity index (χ2v) is 8.34. The number of hydrogen-bond acceptors (Lipinski definition) is 2. The summed E-state index contributed by atoms with van der Waals surface area (Å²) >= 11 is 0. The van der Waals surface area contributed by atoms with Crippen molar-refractivity contribution in [2.45, 2.75) is 38.5 Å². The molecule has 3 heterocycles. The summed E-state index contributed by atoms with van der Waals surface area (Å²) in [4.78, 5) is 10.4. The predicted molar refractivity (Wildman–Crippen MR) is 123 cm³/mol. The highest BCUT2D eigenvalue weighted by atomic mass is 19.1. The molecule has 3 nitrogen and oxygen atoms in total. The molecule has 0 radical (unpaired) electrons. The number of H-pyrrole nitrogens is 1. The number of rotatable bonds is 6. The van der Waals surface area contributed by atoms with Gasteiger partial charge in [0.05, 0.1) is 5.69 Å². The average molecular weight is 404 g/mol. The third-order valence-electron chi connectivity index (χ3n) is 6.16. The molecule has 0 saturated carbocycles. The minimum atomic E-state index is -0.220. The Bertz CT molecular complexity index is 997. The van der Waals surface area contributed by atoms with Crippen LogP contribution in [0.1, 0.15) is 49.8 Å². The lowest BCUT2D eigenvalue weighted by Crippen LogP contribution is -2.29. The molecule has 1 N–H and O–H groups in total. The molecule has 1 aromatic carbocycles. The van der Waals surface area contributed by atoms with Crippen molar-refractivity contribution in [3.05, 3.63) is 72.4 Å². The van der Waals surface area contributed by atoms with E-state index in [0.717, 1.165) is 61.2 Å². The van der Waals surface area contributed by atoms with Gasteiger partial charge in [0.25, 0.3) is 0 Å². The minimum Gasteiger partial charge on any atom is -0.357 e. The Labute approximate surface area is 178 Å². The van der Waals surface area contributed by atoms with E-state index in [2.05, 4.69) is 47.6 Å². The van der Waals surface area contributed by atoms with Crippen LogP contribution in [0, 0.1) is 5.82 Å². The summed E-state index contributed by atoms with van der Waals surface area (Å²) < 4.78 is 13.6. The van der Waals surface area contributed by atoms with Crippen molar-refractivity contribution in [2.75, 3.05) is 20.1 Å². The number of pyridine rings is 1. The van der Waals surface area contributed by atoms with Gasteiger partial charge in [0.15, 0.2) is 0 Å². The Morgan fingerprint density at radius 1 is 1.10 bits per heavy atom. The Morgan fingerprint density at radius 2 is 1.77 bits per heavy atom. The van der Waals surface area contributed by atoms with Crippen LogP contribution in [-0.2, 0) is 0 Å². The Morgan fingerprint density at radius 3 is 2.40 bits per heavy atom. The first-order valence-electron chi connectivity index (χ1n) is 10.9. The number of nitrogens with one attached hydrogen (secondary N) is 1. The van der Waals surface area contributed by atoms with E-state index < -0.39 is 0 Å². The molecule has 0 unspecified atom stereocenters. The van der Waals surface area contributed by atoms with Gasteiger partial charge in [0, 0.05) is 35.1 Å². The molecule has 1 aliphatic heterocycles. The molecule has 1 saturated heterocycles. The number of benzene rings is 1. The van der Waals surface area contributed by atoms with Crippen molar-refractivity contribution >= 4 is 5.57 Å². The van der Waals surface area contributed by atoms with E-state index in [1.165, 1.54) is 29.0 Å². The largest absolute Gasteiger partial charge is 0.357 e. The van der Waals surface area contributed by atoms with E-state index in [4.69, 9.17) is 0 Å². The topological polar surface area (TPSA) is 31.9 Å². The molecular weight excluding hydrogens is 373 g/mol. The van der Waals surface area contributed by atoms with E-state index in [1.807, 2.05) is 24.5 Å². The van der Waals surface area contributed by atoms with Crippen LogP contribution in [0.2, 0.25) is 0 Å². The molecule has 1 aliphatic rings. The summed E-state index contributed by atoms with van der Waals surface area (Å²) in [6.07, 6.45) is 7.93. The fourth-order valence-corrected chi connectivity index (χ4v) is 4.56. The van der Waals surface area contributed by atoms with Gasteiger partial charge in [-0.1, -0.05) is 19.9 Å². The number of hydrogen-bond donors (Lipinski definition) is 1. The first kappa shape index (κ1) is 20.5. The molecule has 0 atom stereocenters. The van der Waals surface area contributed by atoms with Crippen molar-refractivity contribution < 1.29 is 4.39 Å². The molecule has 1 fully saturated rings. The maximum atomic E-state index is 13.6. The number of piperidine rings is 1. The summed E-state index contributed by atoms with van der Waals surface area (Å²) in [7, 11) is 2.19. The van der Waals surface area contributed by atoms with Crippen molar-refractivity contribution in [1.29, 1.82) is 0 Å². The van der Waals surface area contributed by atoms with Crippen LogP contribution >= 0.6 is 0 Å². The van der Waals surface area contributed by atoms with Gasteiger partial charge < -0.3 is 9.88 Å². The number of aromatic amines is 1. The quantitative estimate of drug-likeness (QED) is 0.509. The van der Waals surface area contributed by atoms with Gasteiger partial charge in [-0.2, -0.15) is 0 Å². The van der Waals surface area contributed by atoms with Crippen LogP contribution in [0.5, 0.6) is 0 Å². The number of aromatic nitrogens is 2. The summed E-state index contributed by atoms with van der Waals surface area (Å²) in [5.41, 5.74) is 8.02. The predicted octanol–water partition coefficient (Wildman–Crippen LogP) is 6.51. The van der Waals surface area contributed by atoms with Gasteiger partial charge in [0.1, 0.15) is 5.82 Å². The SMILES string of the molecule is C=C(CCC)c1c(C2CCN(C)CC2)[nH]c(-c2ccc(F)cc2)c1-c1ccncc1. The van der Waals surface area contributed by atoms with Crippen molar-refractivity contribution in [2.24, 2.45) is 0 Å². The van der Waals surface area contributed by atoms with E-state index in [-0.39, 0.29) is 5.82 Å². The highest BCUT2D eigenvalue weighted by molar-refractivity contribution is 5.92. The average Bonchev–Trinajstić information content (AvgIpc) is 3.16. The molecule has 0 bridgehead atoms. The number of halogens is 1. The molecule has 0 aliphatic carbocycles. The van der Waals surface area contributed by atoms with Gasteiger partial charge >= 0.3 is 0 Å². The molecular formula is C26H30FN3. The standard InChI is InChI=1S/C26H30FN3/c1-4-5-18(2)23-24(19-10-14-28-15-11-19)26(20-6-8-22(27)9-7-20)29-25(23)21-12-16-30(3)17-13-21/h6-11,14-15,21,29H,2,4-5,12-13,16-17H2,1,3H3. The first-order valence-corrected chi connectivity index (χ1v) is 10.9. The second-order valence-electron chi connectivity index (χ2n) is 8.34. The van der Waals surface area contributed by atoms with Crippen LogP contribution in [0.3, 0.4) is 0 Å². The maximum Gasteiger partial charge on any atom is 0.123 e. The molecule has 3 aromatic rings. The fraction of sp³-hybridized carbons (Fsp3) is 0.346. The molecule has 30 heavy (non-hydrogen) atoms. The van der Waals surface area contributed by atoms with Crippen molar-refractivity contribution in [3.8, 4) is 22.4 Å². The zero-order chi connectivity index (χ0) is 21.1. The van der Waals surface area contributed by atoms with Crippen LogP contribution in [0.25, 0.3) is 28.0 Å². The van der Waals surface area contributed by atoms with Gasteiger partial charge in [-0.15, -0.1) is 0 Å². The lowest BCUT2D eigenvalue weighted by Gasteiger charge is -2.29. The smallest absolute Gasteiger partial charge is 0.123 e. The fourth-order valence-electron chi connectivity index (χ4n) is 4.56. The summed E-state index contributed by atoms with van der Waals surface area (Å²) in [6.45, 7) is 8.88. The highest BCUT2D eigenvalue weighted by Crippen LogP contribution is 2.44. The van der Waals surface area contributed by atoms with E-state index in [0.29, 0.717) is 5.92 Å². The zero-order valence-corrected chi connectivity index (χ0v) is 17.9. The van der Waals surface area contributed by atoms with Gasteiger partial charge in [-0.05, 0) is 92.5 Å². The van der Waals surface area contributed by atoms with Gasteiger partial charge in [0.2, 0.25) is 0 Å². The third kappa shape index (κ3) is 4.10. The Hall–Kier alpha value is -2.72. The second kappa shape index (κ2) is 8.97. The van der Waals surface area contributed by atoms with Crippen LogP contribution in [0.15, 0.2) is 55.4 Å². The molecule has 0 amide bonds. The molecule has 4 heteroatoms.